The van der Waals surface area contributed by atoms with E-state index < -0.39 is 0 Å². The van der Waals surface area contributed by atoms with Crippen LogP contribution in [0.2, 0.25) is 0 Å². The Labute approximate surface area is 62.1 Å². The van der Waals surface area contributed by atoms with Gasteiger partial charge in [0.15, 0.2) is 0 Å². The topological polar surface area (TPSA) is 0 Å². The highest BCUT2D eigenvalue weighted by Crippen LogP contribution is 2.20. The molecule has 0 aromatic carbocycles. The summed E-state index contributed by atoms with van der Waals surface area (Å²) in [5.74, 6) is 1.67. The molecule has 1 aliphatic carbocycles. The molecule has 1 aliphatic rings. The van der Waals surface area contributed by atoms with Crippen molar-refractivity contribution in [3.05, 3.63) is 23.8 Å². The molecular weight excluding hydrogens is 128 g/mol. The van der Waals surface area contributed by atoms with Crippen LogP contribution in [0.4, 0.5) is 0 Å². The van der Waals surface area contributed by atoms with E-state index in [0.717, 1.165) is 5.75 Å². The van der Waals surface area contributed by atoms with Crippen LogP contribution in [-0.4, -0.2) is 5.75 Å². The summed E-state index contributed by atoms with van der Waals surface area (Å²) >= 11 is 4.25. The molecule has 0 nitrogen and oxygen atoms in total. The molecule has 0 fully saturated rings. The number of rotatable bonds is 1. The Morgan fingerprint density at radius 3 is 3.00 bits per heavy atom. The second kappa shape index (κ2) is 3.11. The van der Waals surface area contributed by atoms with Crippen molar-refractivity contribution in [2.75, 3.05) is 5.75 Å². The summed E-state index contributed by atoms with van der Waals surface area (Å²) in [5, 5.41) is 0. The Balaban J connectivity index is 2.59. The molecule has 9 heavy (non-hydrogen) atoms. The first-order valence-electron chi connectivity index (χ1n) is 3.28. The van der Waals surface area contributed by atoms with Crippen LogP contribution in [-0.2, 0) is 0 Å². The van der Waals surface area contributed by atoms with E-state index in [-0.39, 0.29) is 0 Å². The number of hydrogen-bond donors (Lipinski definition) is 1. The first kappa shape index (κ1) is 6.94. The van der Waals surface area contributed by atoms with Gasteiger partial charge in [0.1, 0.15) is 0 Å². The van der Waals surface area contributed by atoms with Gasteiger partial charge in [-0.1, -0.05) is 23.8 Å². The van der Waals surface area contributed by atoms with E-state index in [1.165, 1.54) is 12.0 Å². The molecule has 0 radical (unpaired) electrons. The van der Waals surface area contributed by atoms with Crippen LogP contribution in [0.1, 0.15) is 13.3 Å². The van der Waals surface area contributed by atoms with E-state index in [2.05, 4.69) is 37.8 Å². The molecule has 0 aliphatic heterocycles. The second-order valence-corrected chi connectivity index (χ2v) is 2.82. The van der Waals surface area contributed by atoms with Crippen LogP contribution in [0.15, 0.2) is 23.8 Å². The van der Waals surface area contributed by atoms with Crippen LogP contribution in [0, 0.1) is 5.92 Å². The summed E-state index contributed by atoms with van der Waals surface area (Å²) in [5.41, 5.74) is 1.47. The van der Waals surface area contributed by atoms with E-state index in [4.69, 9.17) is 0 Å². The van der Waals surface area contributed by atoms with Crippen molar-refractivity contribution < 1.29 is 0 Å². The molecule has 0 spiro atoms. The van der Waals surface area contributed by atoms with Gasteiger partial charge in [-0.3, -0.25) is 0 Å². The lowest BCUT2D eigenvalue weighted by Gasteiger charge is -2.14. The summed E-state index contributed by atoms with van der Waals surface area (Å²) in [6.07, 6.45) is 7.67. The van der Waals surface area contributed by atoms with Gasteiger partial charge in [0.2, 0.25) is 0 Å². The summed E-state index contributed by atoms with van der Waals surface area (Å²) in [7, 11) is 0. The van der Waals surface area contributed by atoms with Gasteiger partial charge in [0, 0.05) is 0 Å². The van der Waals surface area contributed by atoms with Crippen molar-refractivity contribution in [1.82, 2.24) is 0 Å². The van der Waals surface area contributed by atoms with Crippen LogP contribution in [0.25, 0.3) is 0 Å². The lowest BCUT2D eigenvalue weighted by molar-refractivity contribution is 0.700. The van der Waals surface area contributed by atoms with Crippen LogP contribution in [0.3, 0.4) is 0 Å². The first-order valence-corrected chi connectivity index (χ1v) is 3.92. The normalized spacial score (nSPS) is 26.0. The zero-order chi connectivity index (χ0) is 6.69. The predicted molar refractivity (Wildman–Crippen MR) is 44.9 cm³/mol. The van der Waals surface area contributed by atoms with E-state index in [1.807, 2.05) is 0 Å². The Morgan fingerprint density at radius 1 is 1.78 bits per heavy atom. The standard InChI is InChI=1S/C8H12S/c1-7-4-2-3-5-8(7)6-9/h2-4,8-9H,5-6H2,1H3. The zero-order valence-electron chi connectivity index (χ0n) is 5.67. The molecule has 0 heterocycles. The highest BCUT2D eigenvalue weighted by atomic mass is 32.1. The minimum Gasteiger partial charge on any atom is -0.179 e. The molecule has 1 heteroatoms. The Morgan fingerprint density at radius 2 is 2.56 bits per heavy atom. The van der Waals surface area contributed by atoms with Gasteiger partial charge in [0.25, 0.3) is 0 Å². The lowest BCUT2D eigenvalue weighted by Crippen LogP contribution is -2.04. The van der Waals surface area contributed by atoms with Crippen molar-refractivity contribution in [1.29, 1.82) is 0 Å². The Hall–Kier alpha value is -0.170. The molecule has 0 aromatic rings. The molecule has 1 rings (SSSR count). The molecule has 0 bridgehead atoms. The molecule has 50 valence electrons. The van der Waals surface area contributed by atoms with Crippen molar-refractivity contribution in [3.8, 4) is 0 Å². The lowest BCUT2D eigenvalue weighted by atomic mass is 9.95. The third-order valence-corrected chi connectivity index (χ3v) is 2.22. The van der Waals surface area contributed by atoms with E-state index in [0.29, 0.717) is 5.92 Å². The molecule has 1 unspecified atom stereocenters. The average Bonchev–Trinajstić information content (AvgIpc) is 1.89. The highest BCUT2D eigenvalue weighted by Gasteiger charge is 2.07. The largest absolute Gasteiger partial charge is 0.179 e. The fourth-order valence-electron chi connectivity index (χ4n) is 1.00. The smallest absolute Gasteiger partial charge is 0.00292 e. The van der Waals surface area contributed by atoms with E-state index >= 15 is 0 Å². The second-order valence-electron chi connectivity index (χ2n) is 2.45. The van der Waals surface area contributed by atoms with Crippen molar-refractivity contribution in [2.45, 2.75) is 13.3 Å². The molecule has 0 amide bonds. The van der Waals surface area contributed by atoms with Gasteiger partial charge in [-0.05, 0) is 25.0 Å². The highest BCUT2D eigenvalue weighted by molar-refractivity contribution is 7.80. The molecule has 0 aromatic heterocycles. The average molecular weight is 140 g/mol. The monoisotopic (exact) mass is 140 g/mol. The van der Waals surface area contributed by atoms with Gasteiger partial charge in [-0.2, -0.15) is 12.6 Å². The van der Waals surface area contributed by atoms with Crippen LogP contribution < -0.4 is 0 Å². The molecule has 1 atom stereocenters. The van der Waals surface area contributed by atoms with Crippen molar-refractivity contribution >= 4 is 12.6 Å². The maximum Gasteiger partial charge on any atom is -0.00292 e. The number of allylic oxidation sites excluding steroid dienone is 4. The molecule has 0 N–H and O–H groups in total. The van der Waals surface area contributed by atoms with Gasteiger partial charge >= 0.3 is 0 Å². The van der Waals surface area contributed by atoms with Crippen molar-refractivity contribution in [2.24, 2.45) is 5.92 Å². The van der Waals surface area contributed by atoms with Crippen LogP contribution in [0.5, 0.6) is 0 Å². The summed E-state index contributed by atoms with van der Waals surface area (Å²) in [6, 6.07) is 0. The molecule has 0 saturated carbocycles. The summed E-state index contributed by atoms with van der Waals surface area (Å²) in [6.45, 7) is 2.17. The third-order valence-electron chi connectivity index (χ3n) is 1.78. The Bertz CT molecular complexity index is 145. The van der Waals surface area contributed by atoms with E-state index in [1.54, 1.807) is 0 Å². The maximum atomic E-state index is 4.25. The predicted octanol–water partition coefficient (Wildman–Crippen LogP) is 2.44. The first-order chi connectivity index (χ1) is 4.34. The summed E-state index contributed by atoms with van der Waals surface area (Å²) < 4.78 is 0. The third kappa shape index (κ3) is 1.62. The number of hydrogen-bond acceptors (Lipinski definition) is 1. The fourth-order valence-corrected chi connectivity index (χ4v) is 1.44. The molecular formula is C8H12S. The van der Waals surface area contributed by atoms with Crippen LogP contribution >= 0.6 is 12.6 Å². The minimum atomic E-state index is 0.693. The fraction of sp³-hybridized carbons (Fsp3) is 0.500. The summed E-state index contributed by atoms with van der Waals surface area (Å²) in [4.78, 5) is 0. The zero-order valence-corrected chi connectivity index (χ0v) is 6.57. The van der Waals surface area contributed by atoms with Crippen molar-refractivity contribution in [3.63, 3.8) is 0 Å². The van der Waals surface area contributed by atoms with Gasteiger partial charge in [-0.15, -0.1) is 0 Å². The minimum absolute atomic E-state index is 0.693. The number of thiol groups is 1. The maximum absolute atomic E-state index is 4.25. The quantitative estimate of drug-likeness (QED) is 0.531. The SMILES string of the molecule is CC1=CC=CCC1CS. The van der Waals surface area contributed by atoms with Gasteiger partial charge in [0.05, 0.1) is 0 Å². The Kier molecular flexibility index (Phi) is 2.40. The van der Waals surface area contributed by atoms with Gasteiger partial charge < -0.3 is 0 Å². The molecule has 0 saturated heterocycles. The van der Waals surface area contributed by atoms with Gasteiger partial charge in [-0.25, -0.2) is 0 Å². The van der Waals surface area contributed by atoms with E-state index in [9.17, 15) is 0 Å².